The number of carbonyl (C=O) groups is 2. The fraction of sp³-hybridized carbons (Fsp3) is 0.857. The lowest BCUT2D eigenvalue weighted by Gasteiger charge is -2.20. The Morgan fingerprint density at radius 3 is 1.95 bits per heavy atom. The number of hydrogen-bond acceptors (Lipinski definition) is 4. The Kier molecular flexibility index (Phi) is 11.3. The second-order valence-corrected chi connectivity index (χ2v) is 5.83. The van der Waals surface area contributed by atoms with Gasteiger partial charge in [-0.05, 0) is 19.3 Å². The summed E-state index contributed by atoms with van der Waals surface area (Å²) in [6, 6.07) is 0. The van der Waals surface area contributed by atoms with Crippen molar-refractivity contribution in [3.63, 3.8) is 0 Å². The van der Waals surface area contributed by atoms with Crippen LogP contribution in [0.3, 0.4) is 0 Å². The summed E-state index contributed by atoms with van der Waals surface area (Å²) >= 11 is 2.00. The van der Waals surface area contributed by atoms with Gasteiger partial charge in [-0.3, -0.25) is 9.59 Å². The number of esters is 2. The molecule has 0 rings (SSSR count). The molecule has 19 heavy (non-hydrogen) atoms. The normalized spacial score (nSPS) is 13.7. The highest BCUT2D eigenvalue weighted by atomic mass is 127. The number of ether oxygens (including phenoxy) is 2. The van der Waals surface area contributed by atoms with Crippen LogP contribution < -0.4 is 0 Å². The average Bonchev–Trinajstić information content (AvgIpc) is 2.42. The monoisotopic (exact) mass is 384 g/mol. The fourth-order valence-electron chi connectivity index (χ4n) is 1.56. The van der Waals surface area contributed by atoms with E-state index in [1.165, 1.54) is 0 Å². The molecule has 0 aromatic rings. The van der Waals surface area contributed by atoms with Crippen LogP contribution in [0, 0.1) is 5.92 Å². The summed E-state index contributed by atoms with van der Waals surface area (Å²) in [6.45, 7) is 6.77. The van der Waals surface area contributed by atoms with Crippen molar-refractivity contribution < 1.29 is 19.1 Å². The van der Waals surface area contributed by atoms with E-state index in [1.54, 1.807) is 0 Å². The maximum Gasteiger partial charge on any atom is 0.319 e. The molecule has 2 atom stereocenters. The van der Waals surface area contributed by atoms with Gasteiger partial charge in [-0.15, -0.1) is 0 Å². The van der Waals surface area contributed by atoms with Crippen molar-refractivity contribution in [3.05, 3.63) is 0 Å². The highest BCUT2D eigenvalue weighted by Crippen LogP contribution is 2.23. The predicted octanol–water partition coefficient (Wildman–Crippen LogP) is 3.50. The van der Waals surface area contributed by atoms with E-state index in [1.807, 2.05) is 36.4 Å². The number of carbonyl (C=O) groups excluding carboxylic acids is 2. The number of hydrogen-bond donors (Lipinski definition) is 0. The van der Waals surface area contributed by atoms with E-state index in [4.69, 9.17) is 9.47 Å². The van der Waals surface area contributed by atoms with Crippen LogP contribution in [-0.4, -0.2) is 29.1 Å². The Morgan fingerprint density at radius 2 is 1.47 bits per heavy atom. The molecule has 5 heteroatoms. The van der Waals surface area contributed by atoms with Crippen molar-refractivity contribution >= 4 is 34.5 Å². The third-order valence-corrected chi connectivity index (χ3v) is 4.02. The average molecular weight is 384 g/mol. The van der Waals surface area contributed by atoms with Gasteiger partial charge in [0.25, 0.3) is 0 Å². The zero-order chi connectivity index (χ0) is 14.7. The summed E-state index contributed by atoms with van der Waals surface area (Å²) in [5.41, 5.74) is 0. The zero-order valence-corrected chi connectivity index (χ0v) is 14.3. The van der Waals surface area contributed by atoms with E-state index in [2.05, 4.69) is 6.92 Å². The molecule has 0 aromatic carbocycles. The first kappa shape index (κ1) is 18.7. The highest BCUT2D eigenvalue weighted by molar-refractivity contribution is 14.1. The van der Waals surface area contributed by atoms with Gasteiger partial charge in [0.15, 0.2) is 0 Å². The maximum atomic E-state index is 12.0. The molecule has 0 aliphatic carbocycles. The lowest BCUT2D eigenvalue weighted by Crippen LogP contribution is -2.33. The van der Waals surface area contributed by atoms with Crippen LogP contribution in [0.1, 0.15) is 52.9 Å². The first-order chi connectivity index (χ1) is 9.08. The van der Waals surface area contributed by atoms with Gasteiger partial charge in [0.1, 0.15) is 3.92 Å². The third kappa shape index (κ3) is 7.74. The van der Waals surface area contributed by atoms with Crippen molar-refractivity contribution in [2.75, 3.05) is 13.2 Å². The molecule has 0 radical (unpaired) electrons. The van der Waals surface area contributed by atoms with Crippen LogP contribution in [0.15, 0.2) is 0 Å². The molecule has 0 aliphatic heterocycles. The Bertz CT molecular complexity index is 268. The first-order valence-corrected chi connectivity index (χ1v) is 8.30. The van der Waals surface area contributed by atoms with Gasteiger partial charge in [-0.2, -0.15) is 0 Å². The molecule has 0 aromatic heterocycles. The molecule has 0 heterocycles. The molecule has 0 spiro atoms. The minimum atomic E-state index is -0.458. The standard InChI is InChI=1S/C14H25IO4/c1-4-7-8-11(13(16)18-9-5-2)12(15)14(17)19-10-6-3/h11-12H,4-10H2,1-3H3. The van der Waals surface area contributed by atoms with Crippen LogP contribution in [0.25, 0.3) is 0 Å². The number of alkyl halides is 1. The molecule has 0 saturated heterocycles. The summed E-state index contributed by atoms with van der Waals surface area (Å²) in [4.78, 5) is 23.8. The number of halogens is 1. The fourth-order valence-corrected chi connectivity index (χ4v) is 2.40. The molecule has 0 N–H and O–H groups in total. The zero-order valence-electron chi connectivity index (χ0n) is 12.1. The SMILES string of the molecule is CCCCC(C(=O)OCCC)C(I)C(=O)OCCC. The summed E-state index contributed by atoms with van der Waals surface area (Å²) in [5, 5.41) is 0. The highest BCUT2D eigenvalue weighted by Gasteiger charge is 2.33. The summed E-state index contributed by atoms with van der Waals surface area (Å²) in [7, 11) is 0. The van der Waals surface area contributed by atoms with Gasteiger partial charge >= 0.3 is 11.9 Å². The van der Waals surface area contributed by atoms with Gasteiger partial charge < -0.3 is 9.47 Å². The van der Waals surface area contributed by atoms with E-state index >= 15 is 0 Å². The minimum Gasteiger partial charge on any atom is -0.465 e. The molecule has 2 unspecified atom stereocenters. The topological polar surface area (TPSA) is 52.6 Å². The Labute approximate surface area is 129 Å². The van der Waals surface area contributed by atoms with Gasteiger partial charge in [0, 0.05) is 0 Å². The second-order valence-electron chi connectivity index (χ2n) is 4.49. The van der Waals surface area contributed by atoms with Crippen molar-refractivity contribution in [2.24, 2.45) is 5.92 Å². The van der Waals surface area contributed by atoms with Gasteiger partial charge in [0.05, 0.1) is 19.1 Å². The van der Waals surface area contributed by atoms with Crippen LogP contribution in [-0.2, 0) is 19.1 Å². The third-order valence-electron chi connectivity index (χ3n) is 2.65. The van der Waals surface area contributed by atoms with E-state index < -0.39 is 9.84 Å². The Morgan fingerprint density at radius 1 is 0.947 bits per heavy atom. The predicted molar refractivity (Wildman–Crippen MR) is 83.3 cm³/mol. The Hall–Kier alpha value is -0.330. The maximum absolute atomic E-state index is 12.0. The van der Waals surface area contributed by atoms with Crippen LogP contribution in [0.5, 0.6) is 0 Å². The number of rotatable bonds is 10. The van der Waals surface area contributed by atoms with E-state index in [0.29, 0.717) is 19.6 Å². The van der Waals surface area contributed by atoms with Crippen molar-refractivity contribution in [1.82, 2.24) is 0 Å². The first-order valence-electron chi connectivity index (χ1n) is 7.05. The molecule has 0 amide bonds. The van der Waals surface area contributed by atoms with Gasteiger partial charge in [0.2, 0.25) is 0 Å². The van der Waals surface area contributed by atoms with E-state index in [0.717, 1.165) is 25.7 Å². The molecule has 0 fully saturated rings. The summed E-state index contributed by atoms with van der Waals surface area (Å²) in [6.07, 6.45) is 4.15. The van der Waals surface area contributed by atoms with E-state index in [-0.39, 0.29) is 11.9 Å². The lowest BCUT2D eigenvalue weighted by atomic mass is 9.98. The quantitative estimate of drug-likeness (QED) is 0.329. The van der Waals surface area contributed by atoms with Crippen molar-refractivity contribution in [1.29, 1.82) is 0 Å². The van der Waals surface area contributed by atoms with Crippen molar-refractivity contribution in [2.45, 2.75) is 56.8 Å². The molecule has 4 nitrogen and oxygen atoms in total. The smallest absolute Gasteiger partial charge is 0.319 e. The lowest BCUT2D eigenvalue weighted by molar-refractivity contribution is -0.154. The minimum absolute atomic E-state index is 0.275. The molecular formula is C14H25IO4. The molecule has 0 saturated carbocycles. The number of unbranched alkanes of at least 4 members (excludes halogenated alkanes) is 1. The largest absolute Gasteiger partial charge is 0.465 e. The molecule has 0 bridgehead atoms. The van der Waals surface area contributed by atoms with Crippen molar-refractivity contribution in [3.8, 4) is 0 Å². The van der Waals surface area contributed by atoms with E-state index in [9.17, 15) is 9.59 Å². The summed E-state index contributed by atoms with van der Waals surface area (Å²) < 4.78 is 9.83. The molecule has 112 valence electrons. The molecular weight excluding hydrogens is 359 g/mol. The molecule has 0 aliphatic rings. The van der Waals surface area contributed by atoms with Crippen LogP contribution >= 0.6 is 22.6 Å². The van der Waals surface area contributed by atoms with Gasteiger partial charge in [-0.1, -0.05) is 56.2 Å². The Balaban J connectivity index is 4.52. The second kappa shape index (κ2) is 11.5. The summed E-state index contributed by atoms with van der Waals surface area (Å²) in [5.74, 6) is -0.975. The van der Waals surface area contributed by atoms with Crippen LogP contribution in [0.4, 0.5) is 0 Å². The van der Waals surface area contributed by atoms with Gasteiger partial charge in [-0.25, -0.2) is 0 Å². The van der Waals surface area contributed by atoms with Crippen LogP contribution in [0.2, 0.25) is 0 Å².